The first-order valence-corrected chi connectivity index (χ1v) is 4.04. The van der Waals surface area contributed by atoms with Crippen LogP contribution in [0.25, 0.3) is 17.0 Å². The summed E-state index contributed by atoms with van der Waals surface area (Å²) < 4.78 is 4.83. The van der Waals surface area contributed by atoms with E-state index in [1.54, 1.807) is 13.4 Å². The molecule has 2 aromatic rings. The number of benzene rings is 1. The zero-order valence-corrected chi connectivity index (χ0v) is 7.32. The maximum atomic E-state index is 4.83. The van der Waals surface area contributed by atoms with Gasteiger partial charge >= 0.3 is 0 Å². The predicted octanol–water partition coefficient (Wildman–Crippen LogP) is 2.18. The Morgan fingerprint density at radius 3 is 3.08 bits per heavy atom. The second-order valence-corrected chi connectivity index (χ2v) is 2.69. The molecule has 0 saturated heterocycles. The van der Waals surface area contributed by atoms with E-state index in [0.717, 1.165) is 16.6 Å². The molecule has 3 nitrogen and oxygen atoms in total. The summed E-state index contributed by atoms with van der Waals surface area (Å²) in [6.07, 6.45) is 3.45. The molecular formula is C10H10N2O. The highest BCUT2D eigenvalue weighted by Gasteiger charge is 1.99. The second-order valence-electron chi connectivity index (χ2n) is 2.69. The van der Waals surface area contributed by atoms with E-state index in [1.165, 1.54) is 0 Å². The fourth-order valence-electron chi connectivity index (χ4n) is 1.24. The molecule has 0 amide bonds. The molecular weight excluding hydrogens is 164 g/mol. The number of fused-ring (bicyclic) bond motifs is 1. The second kappa shape index (κ2) is 3.31. The van der Waals surface area contributed by atoms with Crippen LogP contribution in [0.5, 0.6) is 0 Å². The predicted molar refractivity (Wildman–Crippen MR) is 52.1 cm³/mol. The maximum absolute atomic E-state index is 4.83. The Morgan fingerprint density at radius 2 is 2.23 bits per heavy atom. The number of aromatic nitrogens is 2. The third-order valence-corrected chi connectivity index (χ3v) is 1.86. The molecule has 2 rings (SSSR count). The molecule has 0 saturated carbocycles. The molecule has 0 aliphatic carbocycles. The first-order valence-electron chi connectivity index (χ1n) is 4.04. The van der Waals surface area contributed by atoms with E-state index in [4.69, 9.17) is 4.74 Å². The molecule has 13 heavy (non-hydrogen) atoms. The quantitative estimate of drug-likeness (QED) is 0.708. The highest BCUT2D eigenvalue weighted by Crippen LogP contribution is 2.15. The summed E-state index contributed by atoms with van der Waals surface area (Å²) in [5, 5.41) is 8.19. The van der Waals surface area contributed by atoms with Crippen LogP contribution < -0.4 is 0 Å². The fourth-order valence-corrected chi connectivity index (χ4v) is 1.24. The van der Waals surface area contributed by atoms with E-state index in [-0.39, 0.29) is 0 Å². The van der Waals surface area contributed by atoms with Gasteiger partial charge in [-0.05, 0) is 6.07 Å². The molecule has 0 unspecified atom stereocenters. The van der Waals surface area contributed by atoms with Crippen LogP contribution in [0.4, 0.5) is 0 Å². The molecule has 1 aromatic heterocycles. The Balaban J connectivity index is 2.52. The van der Waals surface area contributed by atoms with Gasteiger partial charge in [-0.3, -0.25) is 5.10 Å². The lowest BCUT2D eigenvalue weighted by Crippen LogP contribution is -1.72. The zero-order chi connectivity index (χ0) is 9.10. The first-order chi connectivity index (χ1) is 6.42. The van der Waals surface area contributed by atoms with E-state index in [1.807, 2.05) is 30.3 Å². The fraction of sp³-hybridized carbons (Fsp3) is 0.100. The number of para-hydroxylation sites is 1. The Labute approximate surface area is 76.0 Å². The number of nitrogens with one attached hydrogen (secondary N) is 1. The Bertz CT molecular complexity index is 431. The van der Waals surface area contributed by atoms with E-state index >= 15 is 0 Å². The summed E-state index contributed by atoms with van der Waals surface area (Å²) in [5.41, 5.74) is 1.94. The number of aromatic amines is 1. The van der Waals surface area contributed by atoms with Gasteiger partial charge in [0.1, 0.15) is 0 Å². The molecule has 1 heterocycles. The van der Waals surface area contributed by atoms with Crippen molar-refractivity contribution in [3.63, 3.8) is 0 Å². The van der Waals surface area contributed by atoms with Gasteiger partial charge in [0.2, 0.25) is 0 Å². The molecule has 1 aromatic carbocycles. The Kier molecular flexibility index (Phi) is 2.00. The summed E-state index contributed by atoms with van der Waals surface area (Å²) in [6.45, 7) is 0. The maximum Gasteiger partial charge on any atom is 0.0957 e. The molecule has 0 atom stereocenters. The SMILES string of the molecule is CO/C=C/c1n[nH]c2ccccc12. The van der Waals surface area contributed by atoms with Gasteiger partial charge in [0.05, 0.1) is 24.6 Å². The molecule has 0 spiro atoms. The summed E-state index contributed by atoms with van der Waals surface area (Å²) in [6, 6.07) is 7.98. The van der Waals surface area contributed by atoms with Crippen molar-refractivity contribution in [1.29, 1.82) is 0 Å². The van der Waals surface area contributed by atoms with Gasteiger partial charge in [0.25, 0.3) is 0 Å². The van der Waals surface area contributed by atoms with E-state index in [9.17, 15) is 0 Å². The number of H-pyrrole nitrogens is 1. The molecule has 0 aliphatic rings. The summed E-state index contributed by atoms with van der Waals surface area (Å²) >= 11 is 0. The lowest BCUT2D eigenvalue weighted by atomic mass is 10.2. The van der Waals surface area contributed by atoms with Crippen molar-refractivity contribution in [2.24, 2.45) is 0 Å². The smallest absolute Gasteiger partial charge is 0.0957 e. The summed E-state index contributed by atoms with van der Waals surface area (Å²) in [7, 11) is 1.62. The van der Waals surface area contributed by atoms with Crippen molar-refractivity contribution >= 4 is 17.0 Å². The molecule has 0 bridgehead atoms. The van der Waals surface area contributed by atoms with Crippen molar-refractivity contribution in [1.82, 2.24) is 10.2 Å². The van der Waals surface area contributed by atoms with E-state index in [2.05, 4.69) is 10.2 Å². The van der Waals surface area contributed by atoms with Crippen molar-refractivity contribution < 1.29 is 4.74 Å². The van der Waals surface area contributed by atoms with Gasteiger partial charge in [-0.1, -0.05) is 18.2 Å². The van der Waals surface area contributed by atoms with Crippen molar-refractivity contribution in [2.45, 2.75) is 0 Å². The number of nitrogens with zero attached hydrogens (tertiary/aromatic N) is 1. The molecule has 0 radical (unpaired) electrons. The van der Waals surface area contributed by atoms with Gasteiger partial charge < -0.3 is 4.74 Å². The van der Waals surface area contributed by atoms with Crippen LogP contribution in [0.15, 0.2) is 30.5 Å². The van der Waals surface area contributed by atoms with Gasteiger partial charge in [-0.25, -0.2) is 0 Å². The van der Waals surface area contributed by atoms with Crippen LogP contribution in [0.3, 0.4) is 0 Å². The third kappa shape index (κ3) is 1.40. The molecule has 1 N–H and O–H groups in total. The standard InChI is InChI=1S/C10H10N2O/c1-13-7-6-10-8-4-2-3-5-9(8)11-12-10/h2-7H,1H3,(H,11,12)/b7-6+. The van der Waals surface area contributed by atoms with Gasteiger partial charge in [-0.15, -0.1) is 0 Å². The minimum absolute atomic E-state index is 0.900. The van der Waals surface area contributed by atoms with Gasteiger partial charge in [0, 0.05) is 11.5 Å². The van der Waals surface area contributed by atoms with Crippen molar-refractivity contribution in [3.8, 4) is 0 Å². The molecule has 3 heteroatoms. The highest BCUT2D eigenvalue weighted by atomic mass is 16.5. The number of hydrogen-bond acceptors (Lipinski definition) is 2. The Hall–Kier alpha value is -1.77. The first kappa shape index (κ1) is 7.86. The summed E-state index contributed by atoms with van der Waals surface area (Å²) in [5.74, 6) is 0. The molecule has 0 aliphatic heterocycles. The average Bonchev–Trinajstić information content (AvgIpc) is 2.58. The normalized spacial score (nSPS) is 11.2. The number of rotatable bonds is 2. The van der Waals surface area contributed by atoms with Crippen LogP contribution in [0.1, 0.15) is 5.69 Å². The van der Waals surface area contributed by atoms with Gasteiger partial charge in [0.15, 0.2) is 0 Å². The van der Waals surface area contributed by atoms with Gasteiger partial charge in [-0.2, -0.15) is 5.10 Å². The van der Waals surface area contributed by atoms with Crippen molar-refractivity contribution in [2.75, 3.05) is 7.11 Å². The summed E-state index contributed by atoms with van der Waals surface area (Å²) in [4.78, 5) is 0. The lowest BCUT2D eigenvalue weighted by molar-refractivity contribution is 0.341. The monoisotopic (exact) mass is 174 g/mol. The minimum Gasteiger partial charge on any atom is -0.504 e. The van der Waals surface area contributed by atoms with Crippen LogP contribution in [0, 0.1) is 0 Å². The number of ether oxygens (including phenoxy) is 1. The molecule has 0 fully saturated rings. The average molecular weight is 174 g/mol. The van der Waals surface area contributed by atoms with Crippen LogP contribution in [-0.2, 0) is 4.74 Å². The van der Waals surface area contributed by atoms with Crippen LogP contribution in [-0.4, -0.2) is 17.3 Å². The van der Waals surface area contributed by atoms with Crippen LogP contribution >= 0.6 is 0 Å². The largest absolute Gasteiger partial charge is 0.504 e. The lowest BCUT2D eigenvalue weighted by Gasteiger charge is -1.88. The van der Waals surface area contributed by atoms with Crippen LogP contribution in [0.2, 0.25) is 0 Å². The highest BCUT2D eigenvalue weighted by molar-refractivity contribution is 5.86. The third-order valence-electron chi connectivity index (χ3n) is 1.86. The van der Waals surface area contributed by atoms with Crippen molar-refractivity contribution in [3.05, 3.63) is 36.2 Å². The molecule has 66 valence electrons. The number of hydrogen-bond donors (Lipinski definition) is 1. The topological polar surface area (TPSA) is 37.9 Å². The zero-order valence-electron chi connectivity index (χ0n) is 7.32. The van der Waals surface area contributed by atoms with E-state index in [0.29, 0.717) is 0 Å². The number of methoxy groups -OCH3 is 1. The van der Waals surface area contributed by atoms with E-state index < -0.39 is 0 Å². The minimum atomic E-state index is 0.900. The Morgan fingerprint density at radius 1 is 1.38 bits per heavy atom.